The Morgan fingerprint density at radius 3 is 2.57 bits per heavy atom. The zero-order valence-corrected chi connectivity index (χ0v) is 12.3. The molecule has 0 aliphatic heterocycles. The van der Waals surface area contributed by atoms with E-state index in [1.807, 2.05) is 0 Å². The van der Waals surface area contributed by atoms with Gasteiger partial charge in [-0.3, -0.25) is 9.59 Å². The van der Waals surface area contributed by atoms with Gasteiger partial charge in [-0.15, -0.1) is 11.3 Å². The summed E-state index contributed by atoms with van der Waals surface area (Å²) in [5, 5.41) is 5.01. The first-order valence-electron chi connectivity index (χ1n) is 5.65. The molecule has 2 aromatic rings. The van der Waals surface area contributed by atoms with Crippen LogP contribution in [0.1, 0.15) is 10.4 Å². The summed E-state index contributed by atoms with van der Waals surface area (Å²) in [6, 6.07) is 2.98. The molecule has 110 valence electrons. The van der Waals surface area contributed by atoms with Gasteiger partial charge in [0.2, 0.25) is 5.91 Å². The number of hydrogen-bond acceptors (Lipinski definition) is 8. The molecule has 0 unspecified atom stereocenters. The van der Waals surface area contributed by atoms with E-state index >= 15 is 0 Å². The molecule has 2 heterocycles. The normalized spacial score (nSPS) is 10.3. The predicted octanol–water partition coefficient (Wildman–Crippen LogP) is 0.532. The Morgan fingerprint density at radius 1 is 1.29 bits per heavy atom. The minimum absolute atomic E-state index is 0.0546. The Hall–Kier alpha value is -2.33. The van der Waals surface area contributed by atoms with Crippen LogP contribution in [0.25, 0.3) is 0 Å². The number of primary amides is 1. The summed E-state index contributed by atoms with van der Waals surface area (Å²) >= 11 is 2.31. The highest BCUT2D eigenvalue weighted by atomic mass is 32.2. The van der Waals surface area contributed by atoms with Crippen molar-refractivity contribution in [3.05, 3.63) is 23.1 Å². The van der Waals surface area contributed by atoms with E-state index in [-0.39, 0.29) is 28.9 Å². The first-order valence-corrected chi connectivity index (χ1v) is 7.52. The summed E-state index contributed by atoms with van der Waals surface area (Å²) in [7, 11) is 0. The van der Waals surface area contributed by atoms with Gasteiger partial charge in [0.15, 0.2) is 5.16 Å². The van der Waals surface area contributed by atoms with E-state index in [1.165, 1.54) is 17.4 Å². The standard InChI is InChI=1S/C11H12N6O2S2/c12-6-3-7(13)16-11(15-6)21-4-8(18)17-10-5(9(14)19)1-2-20-10/h1-3H,4H2,(H2,14,19)(H,17,18)(H4,12,13,15,16). The second kappa shape index (κ2) is 6.41. The molecular weight excluding hydrogens is 312 g/mol. The van der Waals surface area contributed by atoms with Crippen molar-refractivity contribution in [1.82, 2.24) is 9.97 Å². The maximum atomic E-state index is 11.8. The Bertz CT molecular complexity index is 667. The lowest BCUT2D eigenvalue weighted by molar-refractivity contribution is -0.113. The van der Waals surface area contributed by atoms with Gasteiger partial charge in [0.05, 0.1) is 11.3 Å². The summed E-state index contributed by atoms with van der Waals surface area (Å²) in [6.45, 7) is 0. The van der Waals surface area contributed by atoms with Crippen LogP contribution in [0.15, 0.2) is 22.7 Å². The molecule has 0 radical (unpaired) electrons. The summed E-state index contributed by atoms with van der Waals surface area (Å²) in [4.78, 5) is 30.9. The number of thiophene rings is 1. The number of rotatable bonds is 5. The maximum Gasteiger partial charge on any atom is 0.251 e. The van der Waals surface area contributed by atoms with E-state index < -0.39 is 5.91 Å². The number of amides is 2. The van der Waals surface area contributed by atoms with Crippen molar-refractivity contribution < 1.29 is 9.59 Å². The van der Waals surface area contributed by atoms with Crippen LogP contribution in [0.5, 0.6) is 0 Å². The van der Waals surface area contributed by atoms with Crippen LogP contribution in [-0.4, -0.2) is 27.5 Å². The zero-order chi connectivity index (χ0) is 15.4. The SMILES string of the molecule is NC(=O)c1ccsc1NC(=O)CSc1nc(N)cc(N)n1. The van der Waals surface area contributed by atoms with Crippen molar-refractivity contribution in [2.75, 3.05) is 22.5 Å². The lowest BCUT2D eigenvalue weighted by Crippen LogP contribution is -2.18. The Kier molecular flexibility index (Phi) is 4.60. The molecule has 2 rings (SSSR count). The number of nitrogen functional groups attached to an aromatic ring is 2. The lowest BCUT2D eigenvalue weighted by atomic mass is 10.3. The molecule has 0 aliphatic rings. The highest BCUT2D eigenvalue weighted by Gasteiger charge is 2.13. The Morgan fingerprint density at radius 2 is 1.95 bits per heavy atom. The second-order valence-electron chi connectivity index (χ2n) is 3.86. The summed E-state index contributed by atoms with van der Waals surface area (Å²) in [6.07, 6.45) is 0. The molecular formula is C11H12N6O2S2. The number of nitrogens with zero attached hydrogens (tertiary/aromatic N) is 2. The number of hydrogen-bond donors (Lipinski definition) is 4. The van der Waals surface area contributed by atoms with E-state index in [0.717, 1.165) is 11.8 Å². The maximum absolute atomic E-state index is 11.8. The smallest absolute Gasteiger partial charge is 0.251 e. The predicted molar refractivity (Wildman–Crippen MR) is 83.0 cm³/mol. The molecule has 0 saturated heterocycles. The highest BCUT2D eigenvalue weighted by molar-refractivity contribution is 7.99. The molecule has 2 amide bonds. The van der Waals surface area contributed by atoms with Crippen LogP contribution < -0.4 is 22.5 Å². The fourth-order valence-electron chi connectivity index (χ4n) is 1.42. The Balaban J connectivity index is 1.96. The van der Waals surface area contributed by atoms with Crippen LogP contribution in [0.3, 0.4) is 0 Å². The number of carbonyl (C=O) groups excluding carboxylic acids is 2. The lowest BCUT2D eigenvalue weighted by Gasteiger charge is -2.05. The highest BCUT2D eigenvalue weighted by Crippen LogP contribution is 2.23. The first-order chi connectivity index (χ1) is 9.95. The third-order valence-electron chi connectivity index (χ3n) is 2.26. The summed E-state index contributed by atoms with van der Waals surface area (Å²) < 4.78 is 0. The average Bonchev–Trinajstić information content (AvgIpc) is 2.83. The fourth-order valence-corrected chi connectivity index (χ4v) is 2.90. The minimum atomic E-state index is -0.592. The van der Waals surface area contributed by atoms with Gasteiger partial charge in [0, 0.05) is 6.07 Å². The largest absolute Gasteiger partial charge is 0.383 e. The first kappa shape index (κ1) is 15.1. The van der Waals surface area contributed by atoms with Crippen LogP contribution in [0.2, 0.25) is 0 Å². The van der Waals surface area contributed by atoms with Crippen molar-refractivity contribution >= 4 is 51.5 Å². The molecule has 0 saturated carbocycles. The molecule has 21 heavy (non-hydrogen) atoms. The second-order valence-corrected chi connectivity index (χ2v) is 5.72. The van der Waals surface area contributed by atoms with Gasteiger partial charge in [-0.2, -0.15) is 0 Å². The van der Waals surface area contributed by atoms with Crippen LogP contribution in [-0.2, 0) is 4.79 Å². The summed E-state index contributed by atoms with van der Waals surface area (Å²) in [5.41, 5.74) is 16.5. The molecule has 7 N–H and O–H groups in total. The average molecular weight is 324 g/mol. The van der Waals surface area contributed by atoms with Gasteiger partial charge in [-0.1, -0.05) is 11.8 Å². The van der Waals surface area contributed by atoms with Crippen LogP contribution in [0.4, 0.5) is 16.6 Å². The van der Waals surface area contributed by atoms with Gasteiger partial charge >= 0.3 is 0 Å². The van der Waals surface area contributed by atoms with Gasteiger partial charge in [-0.05, 0) is 11.4 Å². The number of thioether (sulfide) groups is 1. The molecule has 0 bridgehead atoms. The van der Waals surface area contributed by atoms with Gasteiger partial charge in [0.25, 0.3) is 5.91 Å². The number of anilines is 3. The van der Waals surface area contributed by atoms with Gasteiger partial charge in [-0.25, -0.2) is 9.97 Å². The minimum Gasteiger partial charge on any atom is -0.383 e. The molecule has 10 heteroatoms. The van der Waals surface area contributed by atoms with Crippen molar-refractivity contribution in [3.63, 3.8) is 0 Å². The number of carbonyl (C=O) groups is 2. The van der Waals surface area contributed by atoms with Crippen molar-refractivity contribution in [2.24, 2.45) is 5.73 Å². The van der Waals surface area contributed by atoms with E-state index in [9.17, 15) is 9.59 Å². The summed E-state index contributed by atoms with van der Waals surface area (Å²) in [5.74, 6) is -0.376. The molecule has 8 nitrogen and oxygen atoms in total. The van der Waals surface area contributed by atoms with Crippen molar-refractivity contribution in [2.45, 2.75) is 5.16 Å². The van der Waals surface area contributed by atoms with E-state index in [4.69, 9.17) is 17.2 Å². The van der Waals surface area contributed by atoms with E-state index in [2.05, 4.69) is 15.3 Å². The molecule has 0 aliphatic carbocycles. The number of nitrogens with one attached hydrogen (secondary N) is 1. The molecule has 0 atom stereocenters. The quantitative estimate of drug-likeness (QED) is 0.462. The Labute approximate surface area is 128 Å². The van der Waals surface area contributed by atoms with E-state index in [0.29, 0.717) is 10.2 Å². The fraction of sp³-hybridized carbons (Fsp3) is 0.0909. The van der Waals surface area contributed by atoms with Gasteiger partial charge < -0.3 is 22.5 Å². The number of aromatic nitrogens is 2. The number of nitrogens with two attached hydrogens (primary N) is 3. The van der Waals surface area contributed by atoms with Gasteiger partial charge in [0.1, 0.15) is 16.6 Å². The monoisotopic (exact) mass is 324 g/mol. The molecule has 0 fully saturated rings. The molecule has 0 spiro atoms. The third-order valence-corrected chi connectivity index (χ3v) is 3.94. The molecule has 0 aromatic carbocycles. The van der Waals surface area contributed by atoms with Crippen molar-refractivity contribution in [1.29, 1.82) is 0 Å². The zero-order valence-electron chi connectivity index (χ0n) is 10.7. The molecule has 2 aromatic heterocycles. The topological polar surface area (TPSA) is 150 Å². The van der Waals surface area contributed by atoms with Crippen LogP contribution in [0, 0.1) is 0 Å². The third kappa shape index (κ3) is 4.07. The van der Waals surface area contributed by atoms with Crippen molar-refractivity contribution in [3.8, 4) is 0 Å². The van der Waals surface area contributed by atoms with Crippen LogP contribution >= 0.6 is 23.1 Å². The van der Waals surface area contributed by atoms with E-state index in [1.54, 1.807) is 11.4 Å².